The Morgan fingerprint density at radius 3 is 2.52 bits per heavy atom. The summed E-state index contributed by atoms with van der Waals surface area (Å²) in [6.45, 7) is 0.965. The first-order valence-electron chi connectivity index (χ1n) is 8.95. The van der Waals surface area contributed by atoms with Crippen molar-refractivity contribution in [1.82, 2.24) is 15.1 Å². The van der Waals surface area contributed by atoms with Gasteiger partial charge in [0.05, 0.1) is 5.69 Å². The average Bonchev–Trinajstić information content (AvgIpc) is 3.37. The van der Waals surface area contributed by atoms with Crippen LogP contribution in [0.4, 0.5) is 5.69 Å². The molecule has 1 unspecified atom stereocenters. The lowest BCUT2D eigenvalue weighted by atomic mass is 10.1. The maximum Gasteiger partial charge on any atom is 0.239 e. The SMILES string of the molecule is O=C(NCc1ccc(-n2cccn2)cc1)C1CCN(c2ccccc2)C1=O. The summed E-state index contributed by atoms with van der Waals surface area (Å²) in [5.74, 6) is -0.962. The Morgan fingerprint density at radius 2 is 1.81 bits per heavy atom. The van der Waals surface area contributed by atoms with E-state index in [1.807, 2.05) is 66.9 Å². The quantitative estimate of drug-likeness (QED) is 0.711. The summed E-state index contributed by atoms with van der Waals surface area (Å²) in [5.41, 5.74) is 2.77. The van der Waals surface area contributed by atoms with Crippen LogP contribution in [-0.2, 0) is 16.1 Å². The number of aromatic nitrogens is 2. The molecule has 0 saturated carbocycles. The van der Waals surface area contributed by atoms with E-state index in [2.05, 4.69) is 10.4 Å². The Morgan fingerprint density at radius 1 is 1.04 bits per heavy atom. The second kappa shape index (κ2) is 7.45. The maximum absolute atomic E-state index is 12.6. The van der Waals surface area contributed by atoms with Crippen molar-refractivity contribution in [2.24, 2.45) is 5.92 Å². The van der Waals surface area contributed by atoms with Crippen molar-refractivity contribution in [3.05, 3.63) is 78.6 Å². The van der Waals surface area contributed by atoms with Gasteiger partial charge in [0.1, 0.15) is 5.92 Å². The van der Waals surface area contributed by atoms with E-state index in [-0.39, 0.29) is 11.8 Å². The lowest BCUT2D eigenvalue weighted by Crippen LogP contribution is -2.36. The largest absolute Gasteiger partial charge is 0.351 e. The number of amides is 2. The lowest BCUT2D eigenvalue weighted by molar-refractivity contribution is -0.132. The van der Waals surface area contributed by atoms with Crippen LogP contribution in [0, 0.1) is 5.92 Å². The van der Waals surface area contributed by atoms with Crippen LogP contribution in [0.15, 0.2) is 73.1 Å². The third-order valence-electron chi connectivity index (χ3n) is 4.76. The average molecular weight is 360 g/mol. The van der Waals surface area contributed by atoms with Crippen LogP contribution in [0.5, 0.6) is 0 Å². The number of carbonyl (C=O) groups is 2. The molecule has 6 heteroatoms. The molecule has 0 bridgehead atoms. The Bertz CT molecular complexity index is 921. The number of para-hydroxylation sites is 1. The van der Waals surface area contributed by atoms with Gasteiger partial charge in [-0.2, -0.15) is 5.10 Å². The van der Waals surface area contributed by atoms with Crippen LogP contribution in [0.2, 0.25) is 0 Å². The highest BCUT2D eigenvalue weighted by atomic mass is 16.2. The Labute approximate surface area is 157 Å². The number of nitrogens with zero attached hydrogens (tertiary/aromatic N) is 3. The molecule has 1 atom stereocenters. The van der Waals surface area contributed by atoms with Gasteiger partial charge in [-0.3, -0.25) is 9.59 Å². The molecule has 1 aliphatic rings. The van der Waals surface area contributed by atoms with E-state index in [0.29, 0.717) is 19.5 Å². The molecular weight excluding hydrogens is 340 g/mol. The predicted octanol–water partition coefficient (Wildman–Crippen LogP) is 2.54. The van der Waals surface area contributed by atoms with Gasteiger partial charge in [0, 0.05) is 31.2 Å². The van der Waals surface area contributed by atoms with Gasteiger partial charge in [-0.05, 0) is 42.3 Å². The zero-order valence-corrected chi connectivity index (χ0v) is 14.8. The highest BCUT2D eigenvalue weighted by molar-refractivity contribution is 6.09. The summed E-state index contributed by atoms with van der Waals surface area (Å²) in [5, 5.41) is 7.08. The van der Waals surface area contributed by atoms with Crippen molar-refractivity contribution < 1.29 is 9.59 Å². The number of nitrogens with one attached hydrogen (secondary N) is 1. The van der Waals surface area contributed by atoms with Crippen LogP contribution < -0.4 is 10.2 Å². The maximum atomic E-state index is 12.6. The number of benzene rings is 2. The van der Waals surface area contributed by atoms with Crippen molar-refractivity contribution >= 4 is 17.5 Å². The summed E-state index contributed by atoms with van der Waals surface area (Å²) in [6, 6.07) is 19.1. The molecule has 1 N–H and O–H groups in total. The molecule has 6 nitrogen and oxygen atoms in total. The van der Waals surface area contributed by atoms with E-state index in [1.54, 1.807) is 15.8 Å². The number of carbonyl (C=O) groups excluding carboxylic acids is 2. The molecular formula is C21H20N4O2. The van der Waals surface area contributed by atoms with Crippen LogP contribution in [0.3, 0.4) is 0 Å². The van der Waals surface area contributed by atoms with Gasteiger partial charge in [0.15, 0.2) is 0 Å². The summed E-state index contributed by atoms with van der Waals surface area (Å²) >= 11 is 0. The number of hydrogen-bond donors (Lipinski definition) is 1. The molecule has 3 aromatic rings. The van der Waals surface area contributed by atoms with Crippen LogP contribution in [0.1, 0.15) is 12.0 Å². The molecule has 1 aromatic heterocycles. The van der Waals surface area contributed by atoms with E-state index in [4.69, 9.17) is 0 Å². The fraction of sp³-hybridized carbons (Fsp3) is 0.190. The second-order valence-corrected chi connectivity index (χ2v) is 6.50. The zero-order chi connectivity index (χ0) is 18.6. The normalized spacial score (nSPS) is 16.5. The van der Waals surface area contributed by atoms with Crippen molar-refractivity contribution in [3.63, 3.8) is 0 Å². The molecule has 27 heavy (non-hydrogen) atoms. The molecule has 1 saturated heterocycles. The third kappa shape index (κ3) is 3.60. The van der Waals surface area contributed by atoms with Gasteiger partial charge >= 0.3 is 0 Å². The van der Waals surface area contributed by atoms with Crippen LogP contribution in [-0.4, -0.2) is 28.1 Å². The van der Waals surface area contributed by atoms with Gasteiger partial charge in [-0.15, -0.1) is 0 Å². The summed E-state index contributed by atoms with van der Waals surface area (Å²) in [6.07, 6.45) is 4.14. The van der Waals surface area contributed by atoms with E-state index in [0.717, 1.165) is 16.9 Å². The second-order valence-electron chi connectivity index (χ2n) is 6.50. The van der Waals surface area contributed by atoms with Crippen LogP contribution in [0.25, 0.3) is 5.69 Å². The summed E-state index contributed by atoms with van der Waals surface area (Å²) < 4.78 is 1.78. The summed E-state index contributed by atoms with van der Waals surface area (Å²) in [7, 11) is 0. The highest BCUT2D eigenvalue weighted by Crippen LogP contribution is 2.25. The zero-order valence-electron chi connectivity index (χ0n) is 14.8. The van der Waals surface area contributed by atoms with E-state index < -0.39 is 5.92 Å². The first kappa shape index (κ1) is 17.0. The molecule has 136 valence electrons. The molecule has 4 rings (SSSR count). The molecule has 1 aliphatic heterocycles. The third-order valence-corrected chi connectivity index (χ3v) is 4.76. The highest BCUT2D eigenvalue weighted by Gasteiger charge is 2.37. The van der Waals surface area contributed by atoms with E-state index in [9.17, 15) is 9.59 Å². The van der Waals surface area contributed by atoms with E-state index in [1.165, 1.54) is 0 Å². The Kier molecular flexibility index (Phi) is 4.70. The monoisotopic (exact) mass is 360 g/mol. The minimum Gasteiger partial charge on any atom is -0.351 e. The molecule has 0 radical (unpaired) electrons. The first-order valence-corrected chi connectivity index (χ1v) is 8.95. The van der Waals surface area contributed by atoms with Crippen LogP contribution >= 0.6 is 0 Å². The fourth-order valence-electron chi connectivity index (χ4n) is 3.29. The smallest absolute Gasteiger partial charge is 0.239 e. The van der Waals surface area contributed by atoms with Crippen molar-refractivity contribution in [2.75, 3.05) is 11.4 Å². The minimum atomic E-state index is -0.617. The van der Waals surface area contributed by atoms with E-state index >= 15 is 0 Å². The Balaban J connectivity index is 1.35. The molecule has 2 aromatic carbocycles. The van der Waals surface area contributed by atoms with Crippen molar-refractivity contribution in [2.45, 2.75) is 13.0 Å². The molecule has 1 fully saturated rings. The van der Waals surface area contributed by atoms with Gasteiger partial charge in [0.25, 0.3) is 0 Å². The molecule has 2 heterocycles. The molecule has 0 aliphatic carbocycles. The minimum absolute atomic E-state index is 0.132. The standard InChI is InChI=1S/C21H20N4O2/c26-20(19-11-14-24(21(19)27)17-5-2-1-3-6-17)22-15-16-7-9-18(10-8-16)25-13-4-12-23-25/h1-10,12-13,19H,11,14-15H2,(H,22,26). The Hall–Kier alpha value is -3.41. The van der Waals surface area contributed by atoms with Crippen molar-refractivity contribution in [1.29, 1.82) is 0 Å². The number of rotatable bonds is 5. The predicted molar refractivity (Wildman–Crippen MR) is 102 cm³/mol. The number of hydrogen-bond acceptors (Lipinski definition) is 3. The van der Waals surface area contributed by atoms with Crippen molar-refractivity contribution in [3.8, 4) is 5.69 Å². The van der Waals surface area contributed by atoms with Gasteiger partial charge in [-0.1, -0.05) is 30.3 Å². The molecule has 0 spiro atoms. The number of anilines is 1. The lowest BCUT2D eigenvalue weighted by Gasteiger charge is -2.16. The fourth-order valence-corrected chi connectivity index (χ4v) is 3.29. The molecule has 2 amide bonds. The summed E-state index contributed by atoms with van der Waals surface area (Å²) in [4.78, 5) is 26.8. The first-order chi connectivity index (χ1) is 13.2. The van der Waals surface area contributed by atoms with Gasteiger partial charge < -0.3 is 10.2 Å². The van der Waals surface area contributed by atoms with Gasteiger partial charge in [0.2, 0.25) is 11.8 Å². The topological polar surface area (TPSA) is 67.2 Å². The van der Waals surface area contributed by atoms with Gasteiger partial charge in [-0.25, -0.2) is 4.68 Å².